The standard InChI is InChI=1S/C18H24N2O6/c1-6-11(4)25-18(22)12(5)19-14-8-7-13(20(23)24)9-15(14)26-16(10(2)3)17(19)21/h7-12,16H,6H2,1-5H3. The van der Waals surface area contributed by atoms with Crippen molar-refractivity contribution in [2.24, 2.45) is 5.92 Å². The lowest BCUT2D eigenvalue weighted by Crippen LogP contribution is -2.54. The number of nitro groups is 1. The van der Waals surface area contributed by atoms with Gasteiger partial charge >= 0.3 is 5.97 Å². The second-order valence-corrected chi connectivity index (χ2v) is 6.73. The van der Waals surface area contributed by atoms with Gasteiger partial charge in [-0.3, -0.25) is 19.8 Å². The van der Waals surface area contributed by atoms with Crippen LogP contribution in [0.1, 0.15) is 41.0 Å². The SMILES string of the molecule is CCC(C)OC(=O)C(C)N1C(=O)C(C(C)C)Oc2cc([N+](=O)[O-])ccc21. The molecule has 3 unspecified atom stereocenters. The predicted molar refractivity (Wildman–Crippen MR) is 95.1 cm³/mol. The number of rotatable bonds is 6. The molecule has 0 radical (unpaired) electrons. The molecule has 3 atom stereocenters. The number of amides is 1. The molecular formula is C18H24N2O6. The number of esters is 1. The molecule has 8 heteroatoms. The summed E-state index contributed by atoms with van der Waals surface area (Å²) >= 11 is 0. The van der Waals surface area contributed by atoms with E-state index in [1.807, 2.05) is 20.8 Å². The average molecular weight is 364 g/mol. The van der Waals surface area contributed by atoms with Crippen LogP contribution in [-0.2, 0) is 14.3 Å². The number of hydrogen-bond acceptors (Lipinski definition) is 6. The first-order valence-electron chi connectivity index (χ1n) is 8.66. The number of ether oxygens (including phenoxy) is 2. The molecule has 0 aromatic heterocycles. The molecule has 0 saturated carbocycles. The first kappa shape index (κ1) is 19.7. The fourth-order valence-corrected chi connectivity index (χ4v) is 2.66. The van der Waals surface area contributed by atoms with Gasteiger partial charge in [-0.25, -0.2) is 4.79 Å². The van der Waals surface area contributed by atoms with Crippen molar-refractivity contribution in [2.45, 2.75) is 59.3 Å². The number of nitro benzene ring substituents is 1. The fourth-order valence-electron chi connectivity index (χ4n) is 2.66. The summed E-state index contributed by atoms with van der Waals surface area (Å²) in [7, 11) is 0. The van der Waals surface area contributed by atoms with Gasteiger partial charge in [-0.15, -0.1) is 0 Å². The maximum atomic E-state index is 12.9. The Morgan fingerprint density at radius 2 is 2.00 bits per heavy atom. The Morgan fingerprint density at radius 1 is 1.35 bits per heavy atom. The molecule has 1 amide bonds. The van der Waals surface area contributed by atoms with Crippen LogP contribution >= 0.6 is 0 Å². The van der Waals surface area contributed by atoms with Crippen LogP contribution in [0.15, 0.2) is 18.2 Å². The third-order valence-electron chi connectivity index (χ3n) is 4.37. The van der Waals surface area contributed by atoms with Gasteiger partial charge in [-0.1, -0.05) is 20.8 Å². The zero-order valence-electron chi connectivity index (χ0n) is 15.6. The van der Waals surface area contributed by atoms with Crippen molar-refractivity contribution in [3.05, 3.63) is 28.3 Å². The van der Waals surface area contributed by atoms with Crippen LogP contribution in [0.25, 0.3) is 0 Å². The summed E-state index contributed by atoms with van der Waals surface area (Å²) in [5.74, 6) is -0.854. The molecule has 0 saturated heterocycles. The van der Waals surface area contributed by atoms with Gasteiger partial charge in [0, 0.05) is 6.07 Å². The first-order valence-corrected chi connectivity index (χ1v) is 8.66. The van der Waals surface area contributed by atoms with Gasteiger partial charge in [-0.05, 0) is 32.3 Å². The van der Waals surface area contributed by atoms with Gasteiger partial charge in [0.05, 0.1) is 22.8 Å². The van der Waals surface area contributed by atoms with E-state index in [-0.39, 0.29) is 29.4 Å². The molecule has 2 rings (SSSR count). The Bertz CT molecular complexity index is 718. The molecular weight excluding hydrogens is 340 g/mol. The Hall–Kier alpha value is -2.64. The van der Waals surface area contributed by atoms with E-state index < -0.39 is 23.0 Å². The van der Waals surface area contributed by atoms with Crippen molar-refractivity contribution in [1.29, 1.82) is 0 Å². The van der Waals surface area contributed by atoms with Gasteiger partial charge in [0.15, 0.2) is 11.9 Å². The molecule has 1 heterocycles. The fraction of sp³-hybridized carbons (Fsp3) is 0.556. The number of hydrogen-bond donors (Lipinski definition) is 0. The molecule has 0 aliphatic carbocycles. The van der Waals surface area contributed by atoms with Gasteiger partial charge in [-0.2, -0.15) is 0 Å². The van der Waals surface area contributed by atoms with E-state index in [2.05, 4.69) is 0 Å². The maximum absolute atomic E-state index is 12.9. The van der Waals surface area contributed by atoms with E-state index >= 15 is 0 Å². The highest BCUT2D eigenvalue weighted by Gasteiger charge is 2.41. The molecule has 142 valence electrons. The number of anilines is 1. The van der Waals surface area contributed by atoms with E-state index in [0.29, 0.717) is 12.1 Å². The lowest BCUT2D eigenvalue weighted by Gasteiger charge is -2.38. The second-order valence-electron chi connectivity index (χ2n) is 6.73. The third kappa shape index (κ3) is 3.79. The molecule has 1 aromatic carbocycles. The summed E-state index contributed by atoms with van der Waals surface area (Å²) in [6, 6.07) is 3.11. The number of non-ortho nitro benzene ring substituents is 1. The van der Waals surface area contributed by atoms with Gasteiger partial charge < -0.3 is 9.47 Å². The van der Waals surface area contributed by atoms with Crippen molar-refractivity contribution >= 4 is 23.3 Å². The van der Waals surface area contributed by atoms with Crippen LogP contribution in [-0.4, -0.2) is 35.0 Å². The minimum atomic E-state index is -0.873. The molecule has 0 fully saturated rings. The van der Waals surface area contributed by atoms with Crippen LogP contribution in [0.2, 0.25) is 0 Å². The highest BCUT2D eigenvalue weighted by molar-refractivity contribution is 6.04. The van der Waals surface area contributed by atoms with E-state index in [4.69, 9.17) is 9.47 Å². The van der Waals surface area contributed by atoms with Crippen molar-refractivity contribution < 1.29 is 24.0 Å². The predicted octanol–water partition coefficient (Wildman–Crippen LogP) is 3.08. The average Bonchev–Trinajstić information content (AvgIpc) is 2.59. The van der Waals surface area contributed by atoms with Crippen LogP contribution in [0.5, 0.6) is 5.75 Å². The van der Waals surface area contributed by atoms with E-state index in [1.165, 1.54) is 23.1 Å². The molecule has 1 aromatic rings. The summed E-state index contributed by atoms with van der Waals surface area (Å²) in [4.78, 5) is 37.2. The Morgan fingerprint density at radius 3 is 2.54 bits per heavy atom. The maximum Gasteiger partial charge on any atom is 0.329 e. The number of fused-ring (bicyclic) bond motifs is 1. The largest absolute Gasteiger partial charge is 0.478 e. The van der Waals surface area contributed by atoms with Crippen LogP contribution in [0.3, 0.4) is 0 Å². The van der Waals surface area contributed by atoms with Gasteiger partial charge in [0.1, 0.15) is 6.04 Å². The minimum absolute atomic E-state index is 0.143. The Balaban J connectivity index is 2.45. The van der Waals surface area contributed by atoms with Gasteiger partial charge in [0.25, 0.3) is 11.6 Å². The summed E-state index contributed by atoms with van der Waals surface area (Å²) in [5, 5.41) is 11.0. The third-order valence-corrected chi connectivity index (χ3v) is 4.37. The molecule has 1 aliphatic heterocycles. The normalized spacial score (nSPS) is 18.8. The zero-order chi connectivity index (χ0) is 19.6. The van der Waals surface area contributed by atoms with Crippen molar-refractivity contribution in [3.63, 3.8) is 0 Å². The van der Waals surface area contributed by atoms with Gasteiger partial charge in [0.2, 0.25) is 0 Å². The summed E-state index contributed by atoms with van der Waals surface area (Å²) in [5.41, 5.74) is 0.182. The van der Waals surface area contributed by atoms with Crippen molar-refractivity contribution in [3.8, 4) is 5.75 Å². The molecule has 1 aliphatic rings. The Kier molecular flexibility index (Phi) is 5.84. The van der Waals surface area contributed by atoms with Crippen molar-refractivity contribution in [1.82, 2.24) is 0 Å². The number of carbonyl (C=O) groups excluding carboxylic acids is 2. The number of benzene rings is 1. The molecule has 8 nitrogen and oxygen atoms in total. The highest BCUT2D eigenvalue weighted by atomic mass is 16.6. The van der Waals surface area contributed by atoms with Crippen LogP contribution in [0, 0.1) is 16.0 Å². The lowest BCUT2D eigenvalue weighted by molar-refractivity contribution is -0.384. The first-order chi connectivity index (χ1) is 12.2. The second kappa shape index (κ2) is 7.72. The molecule has 0 spiro atoms. The van der Waals surface area contributed by atoms with E-state index in [9.17, 15) is 19.7 Å². The van der Waals surface area contributed by atoms with E-state index in [0.717, 1.165) is 0 Å². The van der Waals surface area contributed by atoms with Crippen molar-refractivity contribution in [2.75, 3.05) is 4.90 Å². The number of nitrogens with zero attached hydrogens (tertiary/aromatic N) is 2. The lowest BCUT2D eigenvalue weighted by atomic mass is 10.0. The van der Waals surface area contributed by atoms with E-state index in [1.54, 1.807) is 13.8 Å². The molecule has 0 N–H and O–H groups in total. The van der Waals surface area contributed by atoms with Crippen LogP contribution < -0.4 is 9.64 Å². The minimum Gasteiger partial charge on any atom is -0.478 e. The molecule has 0 bridgehead atoms. The summed E-state index contributed by atoms with van der Waals surface area (Å²) in [6.07, 6.45) is -0.436. The van der Waals surface area contributed by atoms with Crippen LogP contribution in [0.4, 0.5) is 11.4 Å². The molecule has 26 heavy (non-hydrogen) atoms. The smallest absolute Gasteiger partial charge is 0.329 e. The summed E-state index contributed by atoms with van der Waals surface area (Å²) in [6.45, 7) is 8.87. The summed E-state index contributed by atoms with van der Waals surface area (Å²) < 4.78 is 11.1. The monoisotopic (exact) mass is 364 g/mol. The topological polar surface area (TPSA) is 99.0 Å². The number of carbonyl (C=O) groups is 2. The zero-order valence-corrected chi connectivity index (χ0v) is 15.6. The highest BCUT2D eigenvalue weighted by Crippen LogP contribution is 2.39. The Labute approximate surface area is 152 Å². The quantitative estimate of drug-likeness (QED) is 0.437.